The number of fused-ring (bicyclic) bond motifs is 1. The maximum atomic E-state index is 12.6. The van der Waals surface area contributed by atoms with Gasteiger partial charge in [-0.05, 0) is 31.4 Å². The fraction of sp³-hybridized carbons (Fsp3) is 0.375. The summed E-state index contributed by atoms with van der Waals surface area (Å²) in [6.45, 7) is 3.75. The molecule has 1 aromatic carbocycles. The molecule has 3 rings (SSSR count). The van der Waals surface area contributed by atoms with E-state index in [4.69, 9.17) is 5.73 Å². The maximum Gasteiger partial charge on any atom is 0.255 e. The SMILES string of the molecule is Cc1nn(C)c(C)c1C(=O)NC1c2ccccc2CC1N. The highest BCUT2D eigenvalue weighted by Gasteiger charge is 2.32. The molecule has 0 aliphatic heterocycles. The van der Waals surface area contributed by atoms with Crippen molar-refractivity contribution in [1.82, 2.24) is 15.1 Å². The summed E-state index contributed by atoms with van der Waals surface area (Å²) in [5.41, 5.74) is 10.8. The first-order valence-electron chi connectivity index (χ1n) is 7.13. The highest BCUT2D eigenvalue weighted by molar-refractivity contribution is 5.96. The number of hydrogen-bond acceptors (Lipinski definition) is 3. The normalized spacial score (nSPS) is 20.4. The van der Waals surface area contributed by atoms with Gasteiger partial charge in [-0.1, -0.05) is 24.3 Å². The van der Waals surface area contributed by atoms with Gasteiger partial charge in [0.1, 0.15) is 0 Å². The van der Waals surface area contributed by atoms with E-state index in [1.807, 2.05) is 39.1 Å². The Morgan fingerprint density at radius 3 is 2.76 bits per heavy atom. The summed E-state index contributed by atoms with van der Waals surface area (Å²) >= 11 is 0. The van der Waals surface area contributed by atoms with Gasteiger partial charge in [-0.2, -0.15) is 5.10 Å². The molecule has 0 fully saturated rings. The van der Waals surface area contributed by atoms with E-state index in [0.717, 1.165) is 23.4 Å². The molecular weight excluding hydrogens is 264 g/mol. The Hall–Kier alpha value is -2.14. The van der Waals surface area contributed by atoms with Gasteiger partial charge in [0.25, 0.3) is 5.91 Å². The number of benzene rings is 1. The van der Waals surface area contributed by atoms with Gasteiger partial charge in [0, 0.05) is 18.8 Å². The van der Waals surface area contributed by atoms with Crippen LogP contribution in [0.2, 0.25) is 0 Å². The number of aryl methyl sites for hydroxylation is 2. The van der Waals surface area contributed by atoms with Crippen molar-refractivity contribution in [2.24, 2.45) is 12.8 Å². The van der Waals surface area contributed by atoms with Crippen molar-refractivity contribution in [2.45, 2.75) is 32.4 Å². The number of carbonyl (C=O) groups is 1. The Morgan fingerprint density at radius 2 is 2.10 bits per heavy atom. The summed E-state index contributed by atoms with van der Waals surface area (Å²) in [7, 11) is 1.84. The third-order valence-corrected chi connectivity index (χ3v) is 4.30. The molecular formula is C16H20N4O. The lowest BCUT2D eigenvalue weighted by atomic mass is 10.1. The van der Waals surface area contributed by atoms with E-state index in [-0.39, 0.29) is 18.0 Å². The van der Waals surface area contributed by atoms with E-state index in [1.165, 1.54) is 5.56 Å². The minimum atomic E-state index is -0.132. The number of nitrogens with one attached hydrogen (secondary N) is 1. The third kappa shape index (κ3) is 2.23. The van der Waals surface area contributed by atoms with Crippen molar-refractivity contribution in [1.29, 1.82) is 0 Å². The largest absolute Gasteiger partial charge is 0.344 e. The van der Waals surface area contributed by atoms with Crippen LogP contribution in [-0.4, -0.2) is 21.7 Å². The Balaban J connectivity index is 1.89. The molecule has 0 bridgehead atoms. The van der Waals surface area contributed by atoms with Gasteiger partial charge in [-0.15, -0.1) is 0 Å². The van der Waals surface area contributed by atoms with Crippen LogP contribution in [0.1, 0.15) is 38.9 Å². The molecule has 110 valence electrons. The van der Waals surface area contributed by atoms with E-state index >= 15 is 0 Å². The van der Waals surface area contributed by atoms with E-state index < -0.39 is 0 Å². The third-order valence-electron chi connectivity index (χ3n) is 4.30. The average Bonchev–Trinajstić information content (AvgIpc) is 2.88. The first-order valence-corrected chi connectivity index (χ1v) is 7.13. The Labute approximate surface area is 124 Å². The number of nitrogens with zero attached hydrogens (tertiary/aromatic N) is 2. The molecule has 0 radical (unpaired) electrons. The lowest BCUT2D eigenvalue weighted by Crippen LogP contribution is -2.38. The van der Waals surface area contributed by atoms with E-state index in [2.05, 4.69) is 16.5 Å². The van der Waals surface area contributed by atoms with Crippen LogP contribution in [0.3, 0.4) is 0 Å². The van der Waals surface area contributed by atoms with Crippen LogP contribution in [-0.2, 0) is 13.5 Å². The summed E-state index contributed by atoms with van der Waals surface area (Å²) in [4.78, 5) is 12.6. The maximum absolute atomic E-state index is 12.6. The zero-order valence-corrected chi connectivity index (χ0v) is 12.6. The van der Waals surface area contributed by atoms with Crippen LogP contribution in [0.5, 0.6) is 0 Å². The molecule has 1 aromatic heterocycles. The highest BCUT2D eigenvalue weighted by Crippen LogP contribution is 2.30. The molecule has 1 aliphatic rings. The standard InChI is InChI=1S/C16H20N4O/c1-9-14(10(2)20(3)19-9)16(21)18-15-12-7-5-4-6-11(12)8-13(15)17/h4-7,13,15H,8,17H2,1-3H3,(H,18,21). The van der Waals surface area contributed by atoms with Crippen molar-refractivity contribution in [3.05, 3.63) is 52.3 Å². The number of rotatable bonds is 2. The average molecular weight is 284 g/mol. The van der Waals surface area contributed by atoms with Crippen molar-refractivity contribution in [3.8, 4) is 0 Å². The van der Waals surface area contributed by atoms with Crippen molar-refractivity contribution < 1.29 is 4.79 Å². The molecule has 2 unspecified atom stereocenters. The topological polar surface area (TPSA) is 72.9 Å². The summed E-state index contributed by atoms with van der Waals surface area (Å²) in [5.74, 6) is -0.102. The van der Waals surface area contributed by atoms with Crippen molar-refractivity contribution in [3.63, 3.8) is 0 Å². The second-order valence-corrected chi connectivity index (χ2v) is 5.69. The monoisotopic (exact) mass is 284 g/mol. The predicted molar refractivity (Wildman–Crippen MR) is 81.0 cm³/mol. The molecule has 2 aromatic rings. The first kappa shape index (κ1) is 13.8. The Morgan fingerprint density at radius 1 is 1.38 bits per heavy atom. The molecule has 5 nitrogen and oxygen atoms in total. The second kappa shape index (κ2) is 5.00. The van der Waals surface area contributed by atoms with Gasteiger partial charge in [0.2, 0.25) is 0 Å². The zero-order chi connectivity index (χ0) is 15.1. The van der Waals surface area contributed by atoms with Gasteiger partial charge in [0.15, 0.2) is 0 Å². The number of hydrogen-bond donors (Lipinski definition) is 2. The predicted octanol–water partition coefficient (Wildman–Crippen LogP) is 1.39. The number of aromatic nitrogens is 2. The molecule has 5 heteroatoms. The Kier molecular flexibility index (Phi) is 3.29. The summed E-state index contributed by atoms with van der Waals surface area (Å²) < 4.78 is 1.73. The number of carbonyl (C=O) groups excluding carboxylic acids is 1. The lowest BCUT2D eigenvalue weighted by molar-refractivity contribution is 0.0931. The van der Waals surface area contributed by atoms with Crippen LogP contribution in [0.25, 0.3) is 0 Å². The van der Waals surface area contributed by atoms with Crippen LogP contribution in [0, 0.1) is 13.8 Å². The first-order chi connectivity index (χ1) is 9.99. The smallest absolute Gasteiger partial charge is 0.255 e. The van der Waals surface area contributed by atoms with Crippen molar-refractivity contribution in [2.75, 3.05) is 0 Å². The molecule has 0 saturated heterocycles. The van der Waals surface area contributed by atoms with Gasteiger partial charge < -0.3 is 11.1 Å². The Bertz CT molecular complexity index is 704. The van der Waals surface area contributed by atoms with Gasteiger partial charge in [-0.3, -0.25) is 9.48 Å². The van der Waals surface area contributed by atoms with Crippen LogP contribution in [0.15, 0.2) is 24.3 Å². The quantitative estimate of drug-likeness (QED) is 0.875. The van der Waals surface area contributed by atoms with E-state index in [1.54, 1.807) is 4.68 Å². The van der Waals surface area contributed by atoms with Crippen LogP contribution in [0.4, 0.5) is 0 Å². The molecule has 2 atom stereocenters. The molecule has 1 amide bonds. The summed E-state index contributed by atoms with van der Waals surface area (Å²) in [6.07, 6.45) is 0.798. The fourth-order valence-electron chi connectivity index (χ4n) is 3.13. The van der Waals surface area contributed by atoms with Crippen LogP contribution >= 0.6 is 0 Å². The van der Waals surface area contributed by atoms with Crippen molar-refractivity contribution >= 4 is 5.91 Å². The molecule has 0 saturated carbocycles. The minimum absolute atomic E-state index is 0.0800. The summed E-state index contributed by atoms with van der Waals surface area (Å²) in [5, 5.41) is 7.37. The molecule has 3 N–H and O–H groups in total. The summed E-state index contributed by atoms with van der Waals surface area (Å²) in [6, 6.07) is 7.89. The van der Waals surface area contributed by atoms with Gasteiger partial charge in [-0.25, -0.2) is 0 Å². The number of amides is 1. The van der Waals surface area contributed by atoms with Gasteiger partial charge in [0.05, 0.1) is 17.3 Å². The zero-order valence-electron chi connectivity index (χ0n) is 12.6. The molecule has 1 heterocycles. The van der Waals surface area contributed by atoms with E-state index in [0.29, 0.717) is 5.56 Å². The molecule has 1 aliphatic carbocycles. The lowest BCUT2D eigenvalue weighted by Gasteiger charge is -2.19. The second-order valence-electron chi connectivity index (χ2n) is 5.69. The fourth-order valence-corrected chi connectivity index (χ4v) is 3.13. The number of nitrogens with two attached hydrogens (primary N) is 1. The molecule has 21 heavy (non-hydrogen) atoms. The van der Waals surface area contributed by atoms with Crippen LogP contribution < -0.4 is 11.1 Å². The molecule has 0 spiro atoms. The van der Waals surface area contributed by atoms with Gasteiger partial charge >= 0.3 is 0 Å². The van der Waals surface area contributed by atoms with E-state index in [9.17, 15) is 4.79 Å². The minimum Gasteiger partial charge on any atom is -0.344 e. The highest BCUT2D eigenvalue weighted by atomic mass is 16.1.